The minimum absolute atomic E-state index is 0.00612. The molecule has 0 saturated carbocycles. The molecule has 3 aliphatic heterocycles. The van der Waals surface area contributed by atoms with Crippen molar-refractivity contribution in [1.29, 1.82) is 0 Å². The molecule has 0 aromatic rings. The van der Waals surface area contributed by atoms with Crippen LogP contribution in [0.3, 0.4) is 0 Å². The summed E-state index contributed by atoms with van der Waals surface area (Å²) in [6.45, 7) is 6.11. The van der Waals surface area contributed by atoms with E-state index in [1.54, 1.807) is 0 Å². The molecule has 7 N–H and O–H groups in total. The summed E-state index contributed by atoms with van der Waals surface area (Å²) in [6.07, 6.45) is -2.00. The number of carbonyl (C=O) groups is 2. The van der Waals surface area contributed by atoms with E-state index in [4.69, 9.17) is 20.9 Å². The molecule has 0 radical (unpaired) electrons. The Morgan fingerprint density at radius 2 is 2.19 bits per heavy atom. The highest BCUT2D eigenvalue weighted by molar-refractivity contribution is 5.82. The van der Waals surface area contributed by atoms with Gasteiger partial charge in [0.25, 0.3) is 0 Å². The number of carbonyl (C=O) groups excluding carboxylic acids is 2. The predicted octanol–water partition coefficient (Wildman–Crippen LogP) is -2.39. The predicted molar refractivity (Wildman–Crippen MR) is 86.2 cm³/mol. The zero-order chi connectivity index (χ0) is 19.4. The van der Waals surface area contributed by atoms with Gasteiger partial charge in [0.15, 0.2) is 17.7 Å². The first-order valence-corrected chi connectivity index (χ1v) is 7.90. The Kier molecular flexibility index (Phi) is 3.92. The second-order valence-corrected chi connectivity index (χ2v) is 6.65. The molecule has 2 fully saturated rings. The first-order chi connectivity index (χ1) is 12.0. The third-order valence-electron chi connectivity index (χ3n) is 5.13. The van der Waals surface area contributed by atoms with Gasteiger partial charge < -0.3 is 36.3 Å². The summed E-state index contributed by atoms with van der Waals surface area (Å²) in [6, 6.07) is -1.57. The number of nitrogens with one attached hydrogen (secondary N) is 1. The molecule has 0 aromatic heterocycles. The molecular formula is C14H22N6O6. The molecule has 1 spiro atoms. The van der Waals surface area contributed by atoms with Crippen molar-refractivity contribution in [3.05, 3.63) is 12.4 Å². The van der Waals surface area contributed by atoms with Crippen LogP contribution in [0, 0.1) is 0 Å². The molecule has 3 unspecified atom stereocenters. The van der Waals surface area contributed by atoms with Gasteiger partial charge in [0.05, 0.1) is 6.54 Å². The van der Waals surface area contributed by atoms with Gasteiger partial charge in [0, 0.05) is 6.92 Å². The molecule has 0 aliphatic carbocycles. The largest absolute Gasteiger partial charge is 0.457 e. The summed E-state index contributed by atoms with van der Waals surface area (Å²) < 4.78 is 10.1. The number of guanidine groups is 1. The monoisotopic (exact) mass is 370 g/mol. The van der Waals surface area contributed by atoms with Crippen LogP contribution in [0.2, 0.25) is 0 Å². The number of primary amides is 1. The number of hydroxylamine groups is 2. The molecule has 26 heavy (non-hydrogen) atoms. The summed E-state index contributed by atoms with van der Waals surface area (Å²) in [5.74, 6) is -0.538. The van der Waals surface area contributed by atoms with E-state index in [2.05, 4.69) is 16.9 Å². The summed E-state index contributed by atoms with van der Waals surface area (Å²) in [5.41, 5.74) is 7.70. The Hall–Kier alpha value is -2.73. The van der Waals surface area contributed by atoms with Crippen LogP contribution in [-0.4, -0.2) is 80.9 Å². The van der Waals surface area contributed by atoms with Crippen LogP contribution in [0.4, 0.5) is 4.79 Å². The van der Waals surface area contributed by atoms with E-state index >= 15 is 0 Å². The van der Waals surface area contributed by atoms with Crippen LogP contribution in [-0.2, 0) is 14.3 Å². The second kappa shape index (κ2) is 5.64. The van der Waals surface area contributed by atoms with Crippen LogP contribution in [0.25, 0.3) is 0 Å². The van der Waals surface area contributed by atoms with Crippen molar-refractivity contribution in [3.8, 4) is 0 Å². The maximum Gasteiger partial charge on any atom is 0.404 e. The lowest BCUT2D eigenvalue weighted by Crippen LogP contribution is -2.76. The van der Waals surface area contributed by atoms with Crippen molar-refractivity contribution < 1.29 is 29.4 Å². The molecule has 3 heterocycles. The average molecular weight is 370 g/mol. The van der Waals surface area contributed by atoms with Gasteiger partial charge in [-0.15, -0.1) is 0 Å². The summed E-state index contributed by atoms with van der Waals surface area (Å²) in [5, 5.41) is 25.7. The fourth-order valence-corrected chi connectivity index (χ4v) is 4.08. The number of nitrogens with two attached hydrogens (primary N) is 2. The van der Waals surface area contributed by atoms with E-state index in [9.17, 15) is 19.9 Å². The molecule has 3 rings (SSSR count). The van der Waals surface area contributed by atoms with Gasteiger partial charge in [-0.25, -0.2) is 14.9 Å². The SMILES string of the molecule is C=C1NC2[C@H](COC(N)=O)N=C(N)N3CC(OC(C)=O)[C@](C)(O)C23N1O. The number of aliphatic imine (C=N–C) groups is 1. The van der Waals surface area contributed by atoms with Crippen molar-refractivity contribution in [2.45, 2.75) is 43.3 Å². The zero-order valence-corrected chi connectivity index (χ0v) is 14.4. The van der Waals surface area contributed by atoms with Gasteiger partial charge in [0.1, 0.15) is 30.1 Å². The lowest BCUT2D eigenvalue weighted by atomic mass is 9.79. The third-order valence-corrected chi connectivity index (χ3v) is 5.13. The van der Waals surface area contributed by atoms with Gasteiger partial charge in [-0.1, -0.05) is 6.58 Å². The normalized spacial score (nSPS) is 38.2. The van der Waals surface area contributed by atoms with Crippen LogP contribution in [0.1, 0.15) is 13.8 Å². The quantitative estimate of drug-likeness (QED) is 0.337. The van der Waals surface area contributed by atoms with Gasteiger partial charge in [-0.2, -0.15) is 0 Å². The molecule has 3 aliphatic rings. The molecular weight excluding hydrogens is 348 g/mol. The molecule has 144 valence electrons. The number of hydrogen-bond donors (Lipinski definition) is 5. The molecule has 0 aromatic carbocycles. The van der Waals surface area contributed by atoms with E-state index in [-0.39, 0.29) is 24.9 Å². The Balaban J connectivity index is 2.09. The molecule has 2 saturated heterocycles. The topological polar surface area (TPSA) is 176 Å². The molecule has 1 amide bonds. The van der Waals surface area contributed by atoms with Crippen LogP contribution in [0.5, 0.6) is 0 Å². The lowest BCUT2D eigenvalue weighted by molar-refractivity contribution is -0.242. The molecule has 12 nitrogen and oxygen atoms in total. The van der Waals surface area contributed by atoms with Gasteiger partial charge in [0.2, 0.25) is 0 Å². The van der Waals surface area contributed by atoms with Crippen LogP contribution >= 0.6 is 0 Å². The van der Waals surface area contributed by atoms with E-state index in [0.717, 1.165) is 5.06 Å². The Morgan fingerprint density at radius 1 is 1.54 bits per heavy atom. The number of aliphatic hydroxyl groups is 1. The molecule has 0 bridgehead atoms. The smallest absolute Gasteiger partial charge is 0.404 e. The highest BCUT2D eigenvalue weighted by Gasteiger charge is 2.75. The minimum Gasteiger partial charge on any atom is -0.457 e. The average Bonchev–Trinajstić information content (AvgIpc) is 2.92. The molecule has 12 heteroatoms. The Labute approximate surface area is 149 Å². The number of esters is 1. The first-order valence-electron chi connectivity index (χ1n) is 7.90. The van der Waals surface area contributed by atoms with Crippen molar-refractivity contribution in [2.24, 2.45) is 16.5 Å². The van der Waals surface area contributed by atoms with Crippen molar-refractivity contribution in [1.82, 2.24) is 15.3 Å². The van der Waals surface area contributed by atoms with Crippen molar-refractivity contribution in [2.75, 3.05) is 13.2 Å². The number of rotatable bonds is 3. The Bertz CT molecular complexity index is 695. The third kappa shape index (κ3) is 2.18. The Morgan fingerprint density at radius 3 is 2.77 bits per heavy atom. The van der Waals surface area contributed by atoms with Crippen LogP contribution in [0.15, 0.2) is 17.4 Å². The highest BCUT2D eigenvalue weighted by Crippen LogP contribution is 2.50. The van der Waals surface area contributed by atoms with E-state index in [0.29, 0.717) is 0 Å². The number of amides is 1. The lowest BCUT2D eigenvalue weighted by Gasteiger charge is -2.51. The summed E-state index contributed by atoms with van der Waals surface area (Å²) >= 11 is 0. The maximum absolute atomic E-state index is 11.5. The fourth-order valence-electron chi connectivity index (χ4n) is 4.08. The summed E-state index contributed by atoms with van der Waals surface area (Å²) in [4.78, 5) is 28.2. The standard InChI is InChI=1S/C14H22N6O6/c1-6-17-10-8(5-25-12(16)22)18-11(15)19-4-9(26-7(2)21)13(3,23)14(10,19)20(6)24/h8-10,17,23-24H,1,4-5H2,2-3H3,(H2,15,18)(H2,16,22)/t8-,9?,10?,13-,14?/m0/s1. The minimum atomic E-state index is -1.78. The van der Waals surface area contributed by atoms with E-state index in [1.165, 1.54) is 18.7 Å². The second-order valence-electron chi connectivity index (χ2n) is 6.65. The number of nitrogens with zero attached hydrogens (tertiary/aromatic N) is 3. The van der Waals surface area contributed by atoms with Crippen molar-refractivity contribution >= 4 is 18.0 Å². The van der Waals surface area contributed by atoms with Crippen molar-refractivity contribution in [3.63, 3.8) is 0 Å². The fraction of sp³-hybridized carbons (Fsp3) is 0.643. The van der Waals surface area contributed by atoms with Crippen LogP contribution < -0.4 is 16.8 Å². The van der Waals surface area contributed by atoms with Gasteiger partial charge in [-0.05, 0) is 6.92 Å². The molecule has 5 atom stereocenters. The number of ether oxygens (including phenoxy) is 2. The van der Waals surface area contributed by atoms with Gasteiger partial charge in [-0.3, -0.25) is 10.0 Å². The summed E-state index contributed by atoms with van der Waals surface area (Å²) in [7, 11) is 0. The highest BCUT2D eigenvalue weighted by atomic mass is 16.6. The van der Waals surface area contributed by atoms with E-state index in [1.807, 2.05) is 0 Å². The zero-order valence-electron chi connectivity index (χ0n) is 14.4. The maximum atomic E-state index is 11.5. The number of hydrogen-bond acceptors (Lipinski definition) is 11. The first kappa shape index (κ1) is 18.1. The van der Waals surface area contributed by atoms with E-state index < -0.39 is 41.5 Å². The van der Waals surface area contributed by atoms with Gasteiger partial charge >= 0.3 is 12.1 Å².